The van der Waals surface area contributed by atoms with E-state index in [4.69, 9.17) is 0 Å². The largest absolute Gasteiger partial charge is 0.312 e. The van der Waals surface area contributed by atoms with Gasteiger partial charge in [-0.15, -0.1) is 0 Å². The molecule has 3 N–H and O–H groups in total. The van der Waals surface area contributed by atoms with Crippen LogP contribution in [0.4, 0.5) is 0 Å². The Morgan fingerprint density at radius 3 is 2.96 bits per heavy atom. The molecule has 3 rings (SSSR count). The third-order valence-corrected chi connectivity index (χ3v) is 4.45. The molecule has 5 nitrogen and oxygen atoms in total. The second-order valence-electron chi connectivity index (χ2n) is 6.73. The predicted molar refractivity (Wildman–Crippen MR) is 93.0 cm³/mol. The molecule has 0 saturated carbocycles. The molecule has 0 amide bonds. The van der Waals surface area contributed by atoms with Gasteiger partial charge in [-0.2, -0.15) is 5.10 Å². The van der Waals surface area contributed by atoms with Gasteiger partial charge in [0.1, 0.15) is 0 Å². The molecule has 0 aliphatic carbocycles. The Bertz CT molecular complexity index is 636. The lowest BCUT2D eigenvalue weighted by atomic mass is 9.94. The van der Waals surface area contributed by atoms with Gasteiger partial charge in [0.05, 0.1) is 18.8 Å². The number of rotatable bonds is 6. The summed E-state index contributed by atoms with van der Waals surface area (Å²) in [4.78, 5) is 0. The Balaban J connectivity index is 1.54. The fourth-order valence-electron chi connectivity index (χ4n) is 3.21. The molecule has 0 radical (unpaired) electrons. The SMILES string of the molecule is Cc1cccc(C2NNCC2CNC(C)Cn2cc(C)cn2)c1. The van der Waals surface area contributed by atoms with Crippen molar-refractivity contribution in [1.29, 1.82) is 0 Å². The van der Waals surface area contributed by atoms with Gasteiger partial charge in [-0.05, 0) is 31.9 Å². The minimum Gasteiger partial charge on any atom is -0.312 e. The molecule has 1 aromatic carbocycles. The molecular formula is C18H27N5. The van der Waals surface area contributed by atoms with E-state index < -0.39 is 0 Å². The summed E-state index contributed by atoms with van der Waals surface area (Å²) in [5.41, 5.74) is 10.6. The first kappa shape index (κ1) is 16.2. The van der Waals surface area contributed by atoms with Gasteiger partial charge in [0.15, 0.2) is 0 Å². The van der Waals surface area contributed by atoms with E-state index in [1.165, 1.54) is 16.7 Å². The number of hydrogen-bond donors (Lipinski definition) is 3. The van der Waals surface area contributed by atoms with Crippen LogP contribution >= 0.6 is 0 Å². The van der Waals surface area contributed by atoms with Crippen LogP contribution in [-0.4, -0.2) is 28.9 Å². The first-order chi connectivity index (χ1) is 11.1. The minimum atomic E-state index is 0.363. The monoisotopic (exact) mass is 313 g/mol. The average molecular weight is 313 g/mol. The van der Waals surface area contributed by atoms with Gasteiger partial charge in [-0.25, -0.2) is 5.43 Å². The molecule has 3 atom stereocenters. The molecule has 23 heavy (non-hydrogen) atoms. The molecule has 1 aliphatic heterocycles. The third-order valence-electron chi connectivity index (χ3n) is 4.45. The van der Waals surface area contributed by atoms with Crippen molar-refractivity contribution in [1.82, 2.24) is 25.9 Å². The van der Waals surface area contributed by atoms with Crippen molar-refractivity contribution in [3.63, 3.8) is 0 Å². The Hall–Kier alpha value is -1.69. The first-order valence-corrected chi connectivity index (χ1v) is 8.39. The molecule has 124 valence electrons. The van der Waals surface area contributed by atoms with E-state index in [9.17, 15) is 0 Å². The van der Waals surface area contributed by atoms with E-state index in [1.807, 2.05) is 10.9 Å². The summed E-state index contributed by atoms with van der Waals surface area (Å²) < 4.78 is 2.01. The summed E-state index contributed by atoms with van der Waals surface area (Å²) in [6.45, 7) is 9.31. The van der Waals surface area contributed by atoms with Crippen LogP contribution < -0.4 is 16.2 Å². The molecule has 2 aromatic rings. The number of aryl methyl sites for hydroxylation is 2. The lowest BCUT2D eigenvalue weighted by Crippen LogP contribution is -2.36. The zero-order chi connectivity index (χ0) is 16.2. The molecule has 0 bridgehead atoms. The zero-order valence-corrected chi connectivity index (χ0v) is 14.2. The Morgan fingerprint density at radius 2 is 2.22 bits per heavy atom. The highest BCUT2D eigenvalue weighted by atomic mass is 15.4. The van der Waals surface area contributed by atoms with Crippen LogP contribution in [0.5, 0.6) is 0 Å². The lowest BCUT2D eigenvalue weighted by molar-refractivity contribution is 0.385. The van der Waals surface area contributed by atoms with Crippen molar-refractivity contribution in [2.45, 2.75) is 39.4 Å². The van der Waals surface area contributed by atoms with Crippen LogP contribution in [0.15, 0.2) is 36.7 Å². The number of aromatic nitrogens is 2. The molecule has 0 spiro atoms. The van der Waals surface area contributed by atoms with E-state index in [0.717, 1.165) is 19.6 Å². The maximum absolute atomic E-state index is 4.36. The lowest BCUT2D eigenvalue weighted by Gasteiger charge is -2.22. The smallest absolute Gasteiger partial charge is 0.0560 e. The molecule has 1 saturated heterocycles. The van der Waals surface area contributed by atoms with Gasteiger partial charge in [0, 0.05) is 31.2 Å². The zero-order valence-electron chi connectivity index (χ0n) is 14.2. The van der Waals surface area contributed by atoms with E-state index in [1.54, 1.807) is 0 Å². The second kappa shape index (κ2) is 7.25. The quantitative estimate of drug-likeness (QED) is 0.763. The van der Waals surface area contributed by atoms with Gasteiger partial charge in [0.25, 0.3) is 0 Å². The van der Waals surface area contributed by atoms with Crippen molar-refractivity contribution in [2.24, 2.45) is 5.92 Å². The van der Waals surface area contributed by atoms with Gasteiger partial charge < -0.3 is 5.32 Å². The van der Waals surface area contributed by atoms with Crippen molar-refractivity contribution >= 4 is 0 Å². The number of hydrazine groups is 1. The Kier molecular flexibility index (Phi) is 5.10. The minimum absolute atomic E-state index is 0.363. The fourth-order valence-corrected chi connectivity index (χ4v) is 3.21. The molecule has 2 heterocycles. The van der Waals surface area contributed by atoms with Crippen LogP contribution in [0.2, 0.25) is 0 Å². The van der Waals surface area contributed by atoms with Gasteiger partial charge >= 0.3 is 0 Å². The standard InChI is InChI=1S/C18H27N5/c1-13-5-4-6-16(7-13)18-17(10-20-22-18)9-19-15(3)12-23-11-14(2)8-21-23/h4-8,11,15,17-20,22H,9-10,12H2,1-3H3. The molecule has 1 aromatic heterocycles. The van der Waals surface area contributed by atoms with E-state index in [2.05, 4.69) is 72.5 Å². The number of nitrogens with zero attached hydrogens (tertiary/aromatic N) is 2. The molecule has 1 aliphatic rings. The highest BCUT2D eigenvalue weighted by Crippen LogP contribution is 2.25. The predicted octanol–water partition coefficient (Wildman–Crippen LogP) is 1.94. The van der Waals surface area contributed by atoms with Crippen LogP contribution in [0.25, 0.3) is 0 Å². The van der Waals surface area contributed by atoms with E-state index >= 15 is 0 Å². The Labute approximate surface area is 138 Å². The van der Waals surface area contributed by atoms with Crippen molar-refractivity contribution in [2.75, 3.05) is 13.1 Å². The highest BCUT2D eigenvalue weighted by molar-refractivity contribution is 5.26. The van der Waals surface area contributed by atoms with Crippen LogP contribution in [-0.2, 0) is 6.54 Å². The molecule has 1 fully saturated rings. The van der Waals surface area contributed by atoms with Crippen LogP contribution in [0.3, 0.4) is 0 Å². The maximum atomic E-state index is 4.36. The first-order valence-electron chi connectivity index (χ1n) is 8.39. The summed E-state index contributed by atoms with van der Waals surface area (Å²) in [6, 6.07) is 9.52. The van der Waals surface area contributed by atoms with Crippen molar-refractivity contribution < 1.29 is 0 Å². The van der Waals surface area contributed by atoms with Gasteiger partial charge in [-0.1, -0.05) is 29.8 Å². The van der Waals surface area contributed by atoms with Crippen molar-refractivity contribution in [3.8, 4) is 0 Å². The maximum Gasteiger partial charge on any atom is 0.0560 e. The number of benzene rings is 1. The van der Waals surface area contributed by atoms with E-state index in [0.29, 0.717) is 18.0 Å². The molecule has 5 heteroatoms. The highest BCUT2D eigenvalue weighted by Gasteiger charge is 2.28. The number of hydrogen-bond acceptors (Lipinski definition) is 4. The third kappa shape index (κ3) is 4.19. The number of nitrogens with one attached hydrogen (secondary N) is 3. The normalized spacial score (nSPS) is 22.4. The summed E-state index contributed by atoms with van der Waals surface area (Å²) in [7, 11) is 0. The van der Waals surface area contributed by atoms with Gasteiger partial charge in [0.2, 0.25) is 0 Å². The van der Waals surface area contributed by atoms with Crippen LogP contribution in [0.1, 0.15) is 29.7 Å². The van der Waals surface area contributed by atoms with Gasteiger partial charge in [-0.3, -0.25) is 10.1 Å². The average Bonchev–Trinajstić information content (AvgIpc) is 3.14. The van der Waals surface area contributed by atoms with E-state index in [-0.39, 0.29) is 0 Å². The van der Waals surface area contributed by atoms with Crippen LogP contribution in [0, 0.1) is 19.8 Å². The second-order valence-corrected chi connectivity index (χ2v) is 6.73. The molecule has 3 unspecified atom stereocenters. The summed E-state index contributed by atoms with van der Waals surface area (Å²) in [5.74, 6) is 0.540. The Morgan fingerprint density at radius 1 is 1.35 bits per heavy atom. The topological polar surface area (TPSA) is 53.9 Å². The van der Waals surface area contributed by atoms with Crippen molar-refractivity contribution in [3.05, 3.63) is 53.3 Å². The summed E-state index contributed by atoms with van der Waals surface area (Å²) in [5, 5.41) is 8.02. The summed E-state index contributed by atoms with van der Waals surface area (Å²) >= 11 is 0. The summed E-state index contributed by atoms with van der Waals surface area (Å²) in [6.07, 6.45) is 4.00. The molecular weight excluding hydrogens is 286 g/mol. The fraction of sp³-hybridized carbons (Fsp3) is 0.500.